The minimum Gasteiger partial charge on any atom is -0.481 e. The van der Waals surface area contributed by atoms with Crippen LogP contribution >= 0.6 is 0 Å². The Morgan fingerprint density at radius 3 is 2.33 bits per heavy atom. The van der Waals surface area contributed by atoms with Crippen LogP contribution in [0.3, 0.4) is 0 Å². The van der Waals surface area contributed by atoms with Crippen LogP contribution in [0.2, 0.25) is 0 Å². The molecule has 5 heteroatoms. The highest BCUT2D eigenvalue weighted by Crippen LogP contribution is 2.10. The molecular formula is C22H38O5. The van der Waals surface area contributed by atoms with Crippen LogP contribution in [0.15, 0.2) is 36.5 Å². The first-order valence-electron chi connectivity index (χ1n) is 10.2. The molecule has 0 amide bonds. The third-order valence-corrected chi connectivity index (χ3v) is 4.27. The van der Waals surface area contributed by atoms with E-state index >= 15 is 0 Å². The predicted molar refractivity (Wildman–Crippen MR) is 110 cm³/mol. The van der Waals surface area contributed by atoms with Crippen molar-refractivity contribution in [3.8, 4) is 0 Å². The summed E-state index contributed by atoms with van der Waals surface area (Å²) in [6, 6.07) is 0. The minimum absolute atomic E-state index is 0.132. The molecule has 0 aromatic rings. The van der Waals surface area contributed by atoms with Crippen LogP contribution in [0.25, 0.3) is 0 Å². The van der Waals surface area contributed by atoms with Gasteiger partial charge in [0.2, 0.25) is 0 Å². The summed E-state index contributed by atoms with van der Waals surface area (Å²) in [4.78, 5) is 10.4. The first kappa shape index (κ1) is 25.6. The summed E-state index contributed by atoms with van der Waals surface area (Å²) in [6.07, 6.45) is 17.2. The molecule has 0 bridgehead atoms. The average Bonchev–Trinajstić information content (AvgIpc) is 2.64. The Bertz CT molecular complexity index is 442. The molecule has 0 aromatic carbocycles. The van der Waals surface area contributed by atoms with Gasteiger partial charge in [-0.3, -0.25) is 4.79 Å². The van der Waals surface area contributed by atoms with Gasteiger partial charge in [0, 0.05) is 6.42 Å². The second kappa shape index (κ2) is 18.0. The zero-order valence-electron chi connectivity index (χ0n) is 16.7. The quantitative estimate of drug-likeness (QED) is 0.224. The van der Waals surface area contributed by atoms with Crippen LogP contribution in [0, 0.1) is 0 Å². The summed E-state index contributed by atoms with van der Waals surface area (Å²) in [5.41, 5.74) is 0. The number of hydrogen-bond acceptors (Lipinski definition) is 4. The number of unbranched alkanes of at least 4 members (excludes halogenated alkanes) is 5. The van der Waals surface area contributed by atoms with E-state index in [1.54, 1.807) is 0 Å². The van der Waals surface area contributed by atoms with E-state index in [2.05, 4.69) is 19.1 Å². The second-order valence-electron chi connectivity index (χ2n) is 6.91. The number of carboxylic acids is 1. The lowest BCUT2D eigenvalue weighted by Crippen LogP contribution is -2.24. The first-order valence-corrected chi connectivity index (χ1v) is 10.2. The van der Waals surface area contributed by atoms with Gasteiger partial charge in [-0.15, -0.1) is 0 Å². The van der Waals surface area contributed by atoms with E-state index in [-0.39, 0.29) is 6.42 Å². The zero-order chi connectivity index (χ0) is 20.3. The fourth-order valence-corrected chi connectivity index (χ4v) is 2.56. The van der Waals surface area contributed by atoms with Crippen molar-refractivity contribution < 1.29 is 25.2 Å². The van der Waals surface area contributed by atoms with Gasteiger partial charge in [-0.2, -0.15) is 0 Å². The average molecular weight is 383 g/mol. The van der Waals surface area contributed by atoms with Gasteiger partial charge in [0.15, 0.2) is 0 Å². The van der Waals surface area contributed by atoms with Crippen molar-refractivity contribution in [1.82, 2.24) is 0 Å². The standard InChI is InChI=1S/C22H38O5/c1-2-3-4-5-6-7-8-9-11-14-19(23)17-18-21(25)20(24)15-12-10-13-16-22(26)27/h6-7,9,11,17-21,23-25H,2-5,8,10,12-16H2,1H3,(H,26,27)/b7-6-,11-9-,18-17+. The normalized spacial score (nSPS) is 15.7. The van der Waals surface area contributed by atoms with Crippen LogP contribution < -0.4 is 0 Å². The fraction of sp³-hybridized carbons (Fsp3) is 0.682. The van der Waals surface area contributed by atoms with Gasteiger partial charge < -0.3 is 20.4 Å². The maximum absolute atomic E-state index is 10.4. The molecule has 0 aliphatic heterocycles. The van der Waals surface area contributed by atoms with E-state index in [9.17, 15) is 20.1 Å². The lowest BCUT2D eigenvalue weighted by atomic mass is 10.0. The SMILES string of the molecule is CCCCC/C=C\C/C=C\CC(O)/C=C/C(O)C(O)CCCCCC(=O)O. The van der Waals surface area contributed by atoms with E-state index in [0.29, 0.717) is 32.1 Å². The van der Waals surface area contributed by atoms with Crippen LogP contribution in [-0.4, -0.2) is 44.7 Å². The third kappa shape index (κ3) is 17.7. The highest BCUT2D eigenvalue weighted by Gasteiger charge is 2.13. The number of rotatable bonds is 17. The molecule has 0 aliphatic carbocycles. The van der Waals surface area contributed by atoms with E-state index < -0.39 is 24.3 Å². The van der Waals surface area contributed by atoms with Crippen LogP contribution in [0.5, 0.6) is 0 Å². The van der Waals surface area contributed by atoms with E-state index in [1.165, 1.54) is 31.4 Å². The van der Waals surface area contributed by atoms with Gasteiger partial charge in [0.05, 0.1) is 18.3 Å². The van der Waals surface area contributed by atoms with Crippen molar-refractivity contribution in [2.45, 2.75) is 95.9 Å². The van der Waals surface area contributed by atoms with Gasteiger partial charge >= 0.3 is 5.97 Å². The molecule has 0 rings (SSSR count). The number of hydrogen-bond donors (Lipinski definition) is 4. The van der Waals surface area contributed by atoms with Crippen molar-refractivity contribution in [3.63, 3.8) is 0 Å². The lowest BCUT2D eigenvalue weighted by Gasteiger charge is -2.14. The van der Waals surface area contributed by atoms with Crippen molar-refractivity contribution in [1.29, 1.82) is 0 Å². The van der Waals surface area contributed by atoms with Gasteiger partial charge in [-0.1, -0.05) is 69.1 Å². The number of carbonyl (C=O) groups is 1. The Labute approximate surface area is 164 Å². The zero-order valence-corrected chi connectivity index (χ0v) is 16.7. The van der Waals surface area contributed by atoms with E-state index in [4.69, 9.17) is 5.11 Å². The number of carboxylic acid groups (broad SMARTS) is 1. The Morgan fingerprint density at radius 2 is 1.63 bits per heavy atom. The maximum atomic E-state index is 10.4. The van der Waals surface area contributed by atoms with Crippen LogP contribution in [-0.2, 0) is 4.79 Å². The summed E-state index contributed by atoms with van der Waals surface area (Å²) in [5.74, 6) is -0.815. The van der Waals surface area contributed by atoms with Gasteiger partial charge in [-0.05, 0) is 38.5 Å². The van der Waals surface area contributed by atoms with Gasteiger partial charge in [-0.25, -0.2) is 0 Å². The van der Waals surface area contributed by atoms with Crippen molar-refractivity contribution in [3.05, 3.63) is 36.5 Å². The number of aliphatic hydroxyl groups excluding tert-OH is 3. The molecule has 0 aliphatic rings. The maximum Gasteiger partial charge on any atom is 0.303 e. The fourth-order valence-electron chi connectivity index (χ4n) is 2.56. The molecule has 0 spiro atoms. The smallest absolute Gasteiger partial charge is 0.303 e. The topological polar surface area (TPSA) is 98.0 Å². The molecular weight excluding hydrogens is 344 g/mol. The largest absolute Gasteiger partial charge is 0.481 e. The van der Waals surface area contributed by atoms with Crippen LogP contribution in [0.1, 0.15) is 77.6 Å². The molecule has 0 saturated heterocycles. The van der Waals surface area contributed by atoms with Gasteiger partial charge in [0.1, 0.15) is 0 Å². The second-order valence-corrected chi connectivity index (χ2v) is 6.91. The first-order chi connectivity index (χ1) is 13.0. The molecule has 0 saturated carbocycles. The number of allylic oxidation sites excluding steroid dienone is 3. The van der Waals surface area contributed by atoms with Crippen molar-refractivity contribution >= 4 is 5.97 Å². The molecule has 0 heterocycles. The molecule has 3 unspecified atom stereocenters. The molecule has 27 heavy (non-hydrogen) atoms. The van der Waals surface area contributed by atoms with E-state index in [0.717, 1.165) is 12.8 Å². The van der Waals surface area contributed by atoms with E-state index in [1.807, 2.05) is 12.2 Å². The number of aliphatic carboxylic acids is 1. The van der Waals surface area contributed by atoms with Gasteiger partial charge in [0.25, 0.3) is 0 Å². The highest BCUT2D eigenvalue weighted by atomic mass is 16.4. The van der Waals surface area contributed by atoms with Crippen molar-refractivity contribution in [2.75, 3.05) is 0 Å². The molecule has 3 atom stereocenters. The Kier molecular flexibility index (Phi) is 17.0. The monoisotopic (exact) mass is 382 g/mol. The van der Waals surface area contributed by atoms with Crippen molar-refractivity contribution in [2.24, 2.45) is 0 Å². The Balaban J connectivity index is 3.84. The Morgan fingerprint density at radius 1 is 0.889 bits per heavy atom. The Hall–Kier alpha value is -1.43. The summed E-state index contributed by atoms with van der Waals surface area (Å²) in [5, 5.41) is 38.2. The summed E-state index contributed by atoms with van der Waals surface area (Å²) >= 11 is 0. The molecule has 5 nitrogen and oxygen atoms in total. The molecule has 4 N–H and O–H groups in total. The van der Waals surface area contributed by atoms with Crippen LogP contribution in [0.4, 0.5) is 0 Å². The minimum atomic E-state index is -1.02. The summed E-state index contributed by atoms with van der Waals surface area (Å²) in [6.45, 7) is 2.19. The molecule has 0 radical (unpaired) electrons. The molecule has 156 valence electrons. The molecule has 0 aromatic heterocycles. The summed E-state index contributed by atoms with van der Waals surface area (Å²) < 4.78 is 0. The lowest BCUT2D eigenvalue weighted by molar-refractivity contribution is -0.137. The highest BCUT2D eigenvalue weighted by molar-refractivity contribution is 5.66. The predicted octanol–water partition coefficient (Wildman–Crippen LogP) is 4.13. The third-order valence-electron chi connectivity index (χ3n) is 4.27. The number of aliphatic hydroxyl groups is 3. The molecule has 0 fully saturated rings. The summed E-state index contributed by atoms with van der Waals surface area (Å²) in [7, 11) is 0.